The Balaban J connectivity index is 0.999. The summed E-state index contributed by atoms with van der Waals surface area (Å²) in [6.07, 6.45) is 11.7. The molecule has 3 fully saturated rings. The van der Waals surface area contributed by atoms with E-state index in [0.717, 1.165) is 35.7 Å². The van der Waals surface area contributed by atoms with Crippen molar-refractivity contribution in [1.82, 2.24) is 19.7 Å². The van der Waals surface area contributed by atoms with Gasteiger partial charge in [0.25, 0.3) is 11.8 Å². The van der Waals surface area contributed by atoms with Gasteiger partial charge in [-0.15, -0.1) is 0 Å². The van der Waals surface area contributed by atoms with Gasteiger partial charge in [-0.2, -0.15) is 5.10 Å². The van der Waals surface area contributed by atoms with Crippen LogP contribution in [0.2, 0.25) is 0 Å². The number of rotatable bonds is 12. The van der Waals surface area contributed by atoms with Crippen molar-refractivity contribution in [3.05, 3.63) is 65.1 Å². The molecule has 42 heavy (non-hydrogen) atoms. The molecule has 216 valence electrons. The molecule has 1 atom stereocenters. The molecule has 7 rings (SSSR count). The molecule has 3 saturated carbocycles. The van der Waals surface area contributed by atoms with Crippen molar-refractivity contribution in [3.63, 3.8) is 0 Å². The Bertz CT molecular complexity index is 1580. The zero-order valence-electron chi connectivity index (χ0n) is 23.4. The van der Waals surface area contributed by atoms with E-state index in [1.807, 2.05) is 12.3 Å². The number of carbonyl (C=O) groups excluding carboxylic acids is 4. The summed E-state index contributed by atoms with van der Waals surface area (Å²) in [5.41, 5.74) is 11.6. The number of benzene rings is 1. The number of aromatic nitrogens is 3. The number of amides is 3. The van der Waals surface area contributed by atoms with E-state index < -0.39 is 23.8 Å². The van der Waals surface area contributed by atoms with E-state index in [1.165, 1.54) is 42.5 Å². The molecule has 10 heteroatoms. The van der Waals surface area contributed by atoms with Crippen LogP contribution >= 0.6 is 0 Å². The summed E-state index contributed by atoms with van der Waals surface area (Å²) < 4.78 is 2.17. The van der Waals surface area contributed by atoms with E-state index in [2.05, 4.69) is 22.3 Å². The molecule has 1 aromatic carbocycles. The highest BCUT2D eigenvalue weighted by atomic mass is 16.2. The van der Waals surface area contributed by atoms with Gasteiger partial charge in [-0.05, 0) is 86.6 Å². The summed E-state index contributed by atoms with van der Waals surface area (Å²) >= 11 is 0. The molecule has 1 unspecified atom stereocenters. The predicted octanol–water partition coefficient (Wildman–Crippen LogP) is 4.19. The molecule has 3 amide bonds. The topological polar surface area (TPSA) is 140 Å². The van der Waals surface area contributed by atoms with Crippen LogP contribution in [0.15, 0.2) is 42.7 Å². The van der Waals surface area contributed by atoms with E-state index >= 15 is 0 Å². The Labute approximate surface area is 243 Å². The largest absolute Gasteiger partial charge is 0.385 e. The highest BCUT2D eigenvalue weighted by molar-refractivity contribution is 6.23. The van der Waals surface area contributed by atoms with Crippen LogP contribution in [0.5, 0.6) is 0 Å². The molecular formula is C32H34N6O4. The van der Waals surface area contributed by atoms with Crippen molar-refractivity contribution < 1.29 is 19.2 Å². The highest BCUT2D eigenvalue weighted by Gasteiger charge is 2.42. The summed E-state index contributed by atoms with van der Waals surface area (Å²) in [7, 11) is 0. The molecule has 3 heterocycles. The van der Waals surface area contributed by atoms with Crippen molar-refractivity contribution in [2.75, 3.05) is 11.9 Å². The fourth-order valence-electron chi connectivity index (χ4n) is 6.42. The lowest BCUT2D eigenvalue weighted by atomic mass is 9.80. The van der Waals surface area contributed by atoms with Crippen molar-refractivity contribution >= 4 is 29.7 Å². The van der Waals surface area contributed by atoms with E-state index in [9.17, 15) is 19.2 Å². The van der Waals surface area contributed by atoms with Crippen molar-refractivity contribution in [1.29, 1.82) is 0 Å². The van der Waals surface area contributed by atoms with Crippen LogP contribution in [0.25, 0.3) is 11.3 Å². The number of pyridine rings is 1. The van der Waals surface area contributed by atoms with Gasteiger partial charge in [0.05, 0.1) is 28.6 Å². The molecule has 4 aliphatic rings. The van der Waals surface area contributed by atoms with Crippen LogP contribution in [0, 0.1) is 5.92 Å². The summed E-state index contributed by atoms with van der Waals surface area (Å²) in [6.45, 7) is 0.736. The fourth-order valence-corrected chi connectivity index (χ4v) is 6.42. The van der Waals surface area contributed by atoms with Gasteiger partial charge in [0.15, 0.2) is 0 Å². The summed E-state index contributed by atoms with van der Waals surface area (Å²) in [5.74, 6) is -0.296. The first-order valence-electron chi connectivity index (χ1n) is 15.0. The third-order valence-corrected chi connectivity index (χ3v) is 9.13. The zero-order chi connectivity index (χ0) is 29.0. The van der Waals surface area contributed by atoms with E-state index in [4.69, 9.17) is 15.8 Å². The SMILES string of the molecule is NC(=O)C(CCC=O)N1C(=O)c2ccc(NCC3CC(n4cc(-c5ncccc5C5CC5)c(C5CC5)n4)C3)cc2C1=O. The average molecular weight is 567 g/mol. The number of nitrogens with zero attached hydrogens (tertiary/aromatic N) is 4. The van der Waals surface area contributed by atoms with Crippen molar-refractivity contribution in [3.8, 4) is 11.3 Å². The number of fused-ring (bicyclic) bond motifs is 1. The third kappa shape index (κ3) is 4.78. The number of nitrogens with one attached hydrogen (secondary N) is 1. The van der Waals surface area contributed by atoms with Gasteiger partial charge in [-0.3, -0.25) is 28.9 Å². The Kier molecular flexibility index (Phi) is 6.63. The Hall–Kier alpha value is -4.34. The van der Waals surface area contributed by atoms with Gasteiger partial charge in [-0.25, -0.2) is 0 Å². The number of aldehydes is 1. The Morgan fingerprint density at radius 2 is 1.81 bits per heavy atom. The number of nitrogens with two attached hydrogens (primary N) is 1. The van der Waals surface area contributed by atoms with Crippen molar-refractivity contribution in [2.24, 2.45) is 11.7 Å². The number of hydrogen-bond acceptors (Lipinski definition) is 7. The van der Waals surface area contributed by atoms with Gasteiger partial charge in [0, 0.05) is 42.5 Å². The van der Waals surface area contributed by atoms with Gasteiger partial charge < -0.3 is 15.8 Å². The second kappa shape index (κ2) is 10.5. The predicted molar refractivity (Wildman–Crippen MR) is 155 cm³/mol. The first-order chi connectivity index (χ1) is 20.4. The second-order valence-corrected chi connectivity index (χ2v) is 12.2. The lowest BCUT2D eigenvalue weighted by Gasteiger charge is -2.35. The maximum Gasteiger partial charge on any atom is 0.262 e. The molecule has 3 N–H and O–H groups in total. The maximum absolute atomic E-state index is 13.1. The molecule has 0 spiro atoms. The monoisotopic (exact) mass is 566 g/mol. The molecule has 3 aromatic rings. The molecular weight excluding hydrogens is 532 g/mol. The lowest BCUT2D eigenvalue weighted by Crippen LogP contribution is -2.47. The summed E-state index contributed by atoms with van der Waals surface area (Å²) in [4.78, 5) is 54.5. The number of imide groups is 1. The van der Waals surface area contributed by atoms with Crippen LogP contribution < -0.4 is 11.1 Å². The third-order valence-electron chi connectivity index (χ3n) is 9.13. The highest BCUT2D eigenvalue weighted by Crippen LogP contribution is 2.49. The van der Waals surface area contributed by atoms with E-state index in [1.54, 1.807) is 18.2 Å². The second-order valence-electron chi connectivity index (χ2n) is 12.2. The van der Waals surface area contributed by atoms with Gasteiger partial charge in [0.2, 0.25) is 5.91 Å². The Morgan fingerprint density at radius 3 is 2.52 bits per heavy atom. The number of anilines is 1. The minimum absolute atomic E-state index is 0.0156. The quantitative estimate of drug-likeness (QED) is 0.247. The molecule has 3 aliphatic carbocycles. The lowest BCUT2D eigenvalue weighted by molar-refractivity contribution is -0.122. The molecule has 1 aliphatic heterocycles. The molecule has 2 aromatic heterocycles. The van der Waals surface area contributed by atoms with Crippen molar-refractivity contribution in [2.45, 2.75) is 75.3 Å². The Morgan fingerprint density at radius 1 is 1.05 bits per heavy atom. The minimum Gasteiger partial charge on any atom is -0.385 e. The minimum atomic E-state index is -1.15. The maximum atomic E-state index is 13.1. The first kappa shape index (κ1) is 26.6. The van der Waals surface area contributed by atoms with Crippen LogP contribution in [0.3, 0.4) is 0 Å². The van der Waals surface area contributed by atoms with Crippen LogP contribution in [0.4, 0.5) is 5.69 Å². The van der Waals surface area contributed by atoms with Crippen LogP contribution in [-0.2, 0) is 9.59 Å². The van der Waals surface area contributed by atoms with Gasteiger partial charge in [0.1, 0.15) is 12.3 Å². The molecule has 0 radical (unpaired) electrons. The fraction of sp³-hybridized carbons (Fsp3) is 0.438. The molecule has 0 bridgehead atoms. The number of primary amides is 1. The average Bonchev–Trinajstić information content (AvgIpc) is 3.91. The smallest absolute Gasteiger partial charge is 0.262 e. The van der Waals surface area contributed by atoms with Gasteiger partial charge in [-0.1, -0.05) is 6.07 Å². The standard InChI is InChI=1S/C32H34N6O4/c33-30(40)27(4-2-12-39)38-31(41)24-10-9-21(15-25(24)32(38)42)35-16-18-13-22(14-18)37-17-26(28(36-37)20-7-8-20)29-23(19-5-6-19)3-1-11-34-29/h1,3,9-12,15,17-20,22,27,35H,2,4-8,13-14,16H2,(H2,33,40). The molecule has 10 nitrogen and oxygen atoms in total. The summed E-state index contributed by atoms with van der Waals surface area (Å²) in [5, 5.41) is 8.50. The first-order valence-corrected chi connectivity index (χ1v) is 15.0. The zero-order valence-corrected chi connectivity index (χ0v) is 23.4. The number of carbonyl (C=O) groups is 4. The summed E-state index contributed by atoms with van der Waals surface area (Å²) in [6, 6.07) is 8.52. The molecule has 0 saturated heterocycles. The van der Waals surface area contributed by atoms with Gasteiger partial charge >= 0.3 is 0 Å². The van der Waals surface area contributed by atoms with Crippen LogP contribution in [-0.4, -0.2) is 56.3 Å². The normalized spacial score (nSPS) is 22.0. The number of hydrogen-bond donors (Lipinski definition) is 2. The van der Waals surface area contributed by atoms with E-state index in [0.29, 0.717) is 30.1 Å². The van der Waals surface area contributed by atoms with Crippen LogP contribution in [0.1, 0.15) is 101 Å². The van der Waals surface area contributed by atoms with E-state index in [-0.39, 0.29) is 24.0 Å².